The molecule has 0 radical (unpaired) electrons. The molecule has 0 aliphatic carbocycles. The predicted molar refractivity (Wildman–Crippen MR) is 135 cm³/mol. The lowest BCUT2D eigenvalue weighted by Crippen LogP contribution is -2.39. The van der Waals surface area contributed by atoms with Gasteiger partial charge in [0.15, 0.2) is 5.82 Å². The lowest BCUT2D eigenvalue weighted by Gasteiger charge is -2.37. The fourth-order valence-electron chi connectivity index (χ4n) is 5.49. The van der Waals surface area contributed by atoms with Crippen LogP contribution in [0.2, 0.25) is 0 Å². The molecule has 2 atom stereocenters. The monoisotopic (exact) mass is 470 g/mol. The van der Waals surface area contributed by atoms with Crippen molar-refractivity contribution in [1.82, 2.24) is 25.2 Å². The second-order valence-corrected chi connectivity index (χ2v) is 9.76. The minimum absolute atomic E-state index is 0.0899. The summed E-state index contributed by atoms with van der Waals surface area (Å²) in [5.74, 6) is 0.672. The number of hydrogen-bond donors (Lipinski definition) is 1. The standard InChI is InChI=1S/C27H30N6O2/c1-17-13-20-15-22(27(34)28-23(20)14-18(17)2)25(32-11-5-8-19-7-3-4-10-24(19)32)26-29-30-31-33(26)16-21-9-6-12-35-21/h3-4,7,10,13-15,21,25H,5-6,8-9,11-12,16H2,1-2H3,(H,28,34)/t21-,25+/m1/s1. The molecule has 8 heteroatoms. The molecule has 35 heavy (non-hydrogen) atoms. The van der Waals surface area contributed by atoms with E-state index in [0.717, 1.165) is 61.0 Å². The van der Waals surface area contributed by atoms with E-state index < -0.39 is 6.04 Å². The zero-order valence-corrected chi connectivity index (χ0v) is 20.2. The van der Waals surface area contributed by atoms with E-state index in [4.69, 9.17) is 4.74 Å². The maximum atomic E-state index is 13.6. The number of tetrazole rings is 1. The lowest BCUT2D eigenvalue weighted by molar-refractivity contribution is 0.0924. The van der Waals surface area contributed by atoms with Crippen LogP contribution in [0.1, 0.15) is 53.4 Å². The molecule has 8 nitrogen and oxygen atoms in total. The molecule has 0 unspecified atom stereocenters. The van der Waals surface area contributed by atoms with E-state index in [1.807, 2.05) is 16.8 Å². The maximum Gasteiger partial charge on any atom is 0.254 e. The van der Waals surface area contributed by atoms with E-state index in [1.165, 1.54) is 11.1 Å². The first kappa shape index (κ1) is 22.0. The van der Waals surface area contributed by atoms with Crippen molar-refractivity contribution >= 4 is 16.6 Å². The summed E-state index contributed by atoms with van der Waals surface area (Å²) in [7, 11) is 0. The topological polar surface area (TPSA) is 88.9 Å². The molecular formula is C27H30N6O2. The summed E-state index contributed by atoms with van der Waals surface area (Å²) < 4.78 is 7.71. The SMILES string of the molecule is Cc1cc2cc([C@@H](c3nnnn3C[C@H]3CCCO3)N3CCCc4ccccc43)c(=O)[nH]c2cc1C. The molecule has 0 spiro atoms. The van der Waals surface area contributed by atoms with Gasteiger partial charge in [-0.05, 0) is 96.3 Å². The van der Waals surface area contributed by atoms with Crippen molar-refractivity contribution in [2.75, 3.05) is 18.1 Å². The highest BCUT2D eigenvalue weighted by atomic mass is 16.5. The van der Waals surface area contributed by atoms with E-state index in [1.54, 1.807) is 0 Å². The molecule has 2 aliphatic heterocycles. The van der Waals surface area contributed by atoms with Crippen LogP contribution in [0.3, 0.4) is 0 Å². The fourth-order valence-corrected chi connectivity index (χ4v) is 5.49. The van der Waals surface area contributed by atoms with Gasteiger partial charge < -0.3 is 14.6 Å². The van der Waals surface area contributed by atoms with Crippen LogP contribution in [0, 0.1) is 13.8 Å². The number of anilines is 1. The lowest BCUT2D eigenvalue weighted by atomic mass is 9.96. The van der Waals surface area contributed by atoms with Crippen LogP contribution < -0.4 is 10.5 Å². The van der Waals surface area contributed by atoms with Crippen LogP contribution in [0.4, 0.5) is 5.69 Å². The summed E-state index contributed by atoms with van der Waals surface area (Å²) in [5, 5.41) is 13.9. The Balaban J connectivity index is 1.53. The summed E-state index contributed by atoms with van der Waals surface area (Å²) >= 11 is 0. The Hall–Kier alpha value is -3.52. The van der Waals surface area contributed by atoms with Crippen LogP contribution in [0.5, 0.6) is 0 Å². The molecule has 1 saturated heterocycles. The summed E-state index contributed by atoms with van der Waals surface area (Å²) in [6.45, 7) is 6.33. The van der Waals surface area contributed by atoms with E-state index in [9.17, 15) is 4.79 Å². The van der Waals surface area contributed by atoms with Gasteiger partial charge in [-0.15, -0.1) is 5.10 Å². The number of aromatic nitrogens is 5. The van der Waals surface area contributed by atoms with E-state index in [0.29, 0.717) is 17.9 Å². The van der Waals surface area contributed by atoms with Crippen LogP contribution in [-0.2, 0) is 17.7 Å². The number of pyridine rings is 1. The van der Waals surface area contributed by atoms with Gasteiger partial charge in [-0.1, -0.05) is 18.2 Å². The van der Waals surface area contributed by atoms with E-state index in [-0.39, 0.29) is 11.7 Å². The number of benzene rings is 2. The first-order chi connectivity index (χ1) is 17.1. The van der Waals surface area contributed by atoms with Crippen molar-refractivity contribution in [2.45, 2.75) is 58.2 Å². The average Bonchev–Trinajstić information content (AvgIpc) is 3.54. The largest absolute Gasteiger partial charge is 0.376 e. The molecule has 1 fully saturated rings. The van der Waals surface area contributed by atoms with Crippen molar-refractivity contribution < 1.29 is 4.74 Å². The summed E-state index contributed by atoms with van der Waals surface area (Å²) in [6, 6.07) is 14.2. The summed E-state index contributed by atoms with van der Waals surface area (Å²) in [6.07, 6.45) is 4.16. The smallest absolute Gasteiger partial charge is 0.254 e. The van der Waals surface area contributed by atoms with Crippen molar-refractivity contribution in [2.24, 2.45) is 0 Å². The van der Waals surface area contributed by atoms with Gasteiger partial charge in [-0.3, -0.25) is 4.79 Å². The third kappa shape index (κ3) is 4.01. The molecule has 180 valence electrons. The highest BCUT2D eigenvalue weighted by Gasteiger charge is 2.34. The Morgan fingerprint density at radius 3 is 2.86 bits per heavy atom. The van der Waals surface area contributed by atoms with Gasteiger partial charge in [0.25, 0.3) is 5.56 Å². The van der Waals surface area contributed by atoms with Gasteiger partial charge in [-0.2, -0.15) is 0 Å². The molecule has 0 bridgehead atoms. The number of para-hydroxylation sites is 1. The van der Waals surface area contributed by atoms with Crippen LogP contribution >= 0.6 is 0 Å². The zero-order chi connectivity index (χ0) is 23.9. The number of fused-ring (bicyclic) bond motifs is 2. The average molecular weight is 471 g/mol. The Bertz CT molecular complexity index is 1440. The van der Waals surface area contributed by atoms with Crippen molar-refractivity contribution in [3.05, 3.63) is 80.9 Å². The zero-order valence-electron chi connectivity index (χ0n) is 20.2. The first-order valence-electron chi connectivity index (χ1n) is 12.4. The number of H-pyrrole nitrogens is 1. The maximum absolute atomic E-state index is 13.6. The highest BCUT2D eigenvalue weighted by molar-refractivity contribution is 5.81. The third-order valence-corrected chi connectivity index (χ3v) is 7.44. The normalized spacial score (nSPS) is 18.7. The second-order valence-electron chi connectivity index (χ2n) is 9.76. The highest BCUT2D eigenvalue weighted by Crippen LogP contribution is 2.37. The molecule has 0 amide bonds. The molecule has 2 aliphatic rings. The van der Waals surface area contributed by atoms with Crippen LogP contribution in [0.15, 0.2) is 47.3 Å². The second kappa shape index (κ2) is 8.92. The van der Waals surface area contributed by atoms with Gasteiger partial charge in [0.1, 0.15) is 6.04 Å². The van der Waals surface area contributed by atoms with E-state index in [2.05, 4.69) is 69.6 Å². The summed E-state index contributed by atoms with van der Waals surface area (Å²) in [4.78, 5) is 19.0. The van der Waals surface area contributed by atoms with Gasteiger partial charge in [-0.25, -0.2) is 4.68 Å². The third-order valence-electron chi connectivity index (χ3n) is 7.44. The fraction of sp³-hybridized carbons (Fsp3) is 0.407. The molecule has 0 saturated carbocycles. The first-order valence-corrected chi connectivity index (χ1v) is 12.4. The Labute approximate surface area is 203 Å². The molecule has 4 aromatic rings. The van der Waals surface area contributed by atoms with E-state index >= 15 is 0 Å². The molecule has 2 aromatic heterocycles. The van der Waals surface area contributed by atoms with Crippen LogP contribution in [0.25, 0.3) is 10.9 Å². The Morgan fingerprint density at radius 1 is 1.14 bits per heavy atom. The number of rotatable bonds is 5. The summed E-state index contributed by atoms with van der Waals surface area (Å²) in [5.41, 5.74) is 6.15. The predicted octanol–water partition coefficient (Wildman–Crippen LogP) is 3.85. The minimum Gasteiger partial charge on any atom is -0.376 e. The van der Waals surface area contributed by atoms with Crippen molar-refractivity contribution in [3.8, 4) is 0 Å². The number of nitrogens with one attached hydrogen (secondary N) is 1. The molecule has 6 rings (SSSR count). The number of aryl methyl sites for hydroxylation is 3. The number of nitrogens with zero attached hydrogens (tertiary/aromatic N) is 5. The van der Waals surface area contributed by atoms with Gasteiger partial charge in [0.2, 0.25) is 0 Å². The quantitative estimate of drug-likeness (QED) is 0.477. The van der Waals surface area contributed by atoms with Gasteiger partial charge in [0, 0.05) is 29.9 Å². The molecule has 4 heterocycles. The van der Waals surface area contributed by atoms with Gasteiger partial charge >= 0.3 is 0 Å². The number of ether oxygens (including phenoxy) is 1. The number of hydrogen-bond acceptors (Lipinski definition) is 6. The van der Waals surface area contributed by atoms with Crippen LogP contribution in [-0.4, -0.2) is 44.4 Å². The van der Waals surface area contributed by atoms with Crippen molar-refractivity contribution in [3.63, 3.8) is 0 Å². The molecular weight excluding hydrogens is 440 g/mol. The molecule has 1 N–H and O–H groups in total. The Morgan fingerprint density at radius 2 is 2.00 bits per heavy atom. The Kier molecular flexibility index (Phi) is 5.60. The number of aromatic amines is 1. The van der Waals surface area contributed by atoms with Crippen molar-refractivity contribution in [1.29, 1.82) is 0 Å². The molecule has 2 aromatic carbocycles. The van der Waals surface area contributed by atoms with Gasteiger partial charge in [0.05, 0.1) is 12.6 Å². The minimum atomic E-state index is -0.414.